The maximum atomic E-state index is 12.5. The highest BCUT2D eigenvalue weighted by Gasteiger charge is 2.29. The lowest BCUT2D eigenvalue weighted by molar-refractivity contribution is -0.153. The molecule has 38 heavy (non-hydrogen) atoms. The van der Waals surface area contributed by atoms with Crippen molar-refractivity contribution >= 4 is 29.4 Å². The van der Waals surface area contributed by atoms with Crippen LogP contribution in [0.2, 0.25) is 0 Å². The molecule has 0 heterocycles. The van der Waals surface area contributed by atoms with Gasteiger partial charge >= 0.3 is 18.1 Å². The number of esters is 2. The highest BCUT2D eigenvalue weighted by Crippen LogP contribution is 2.30. The molecule has 0 atom stereocenters. The number of rotatable bonds is 10. The number of hydrogen-bond donors (Lipinski definition) is 2. The summed E-state index contributed by atoms with van der Waals surface area (Å²) in [4.78, 5) is 24.4. The molecular weight excluding hydrogens is 505 g/mol. The summed E-state index contributed by atoms with van der Waals surface area (Å²) in [6, 6.07) is 15.1. The third-order valence-corrected chi connectivity index (χ3v) is 4.97. The normalized spacial score (nSPS) is 11.3. The van der Waals surface area contributed by atoms with Gasteiger partial charge in [0.1, 0.15) is 5.75 Å². The number of hydrogen-bond acceptors (Lipinski definition) is 8. The number of carbonyl (C=O) groups is 2. The number of ether oxygens (including phenoxy) is 4. The molecule has 0 aromatic heterocycles. The van der Waals surface area contributed by atoms with Gasteiger partial charge in [0.25, 0.3) is 0 Å². The molecule has 0 aliphatic carbocycles. The monoisotopic (exact) mass is 530 g/mol. The summed E-state index contributed by atoms with van der Waals surface area (Å²) in [7, 11) is 1.24. The van der Waals surface area contributed by atoms with E-state index in [4.69, 9.17) is 30.4 Å². The Morgan fingerprint density at radius 2 is 1.61 bits per heavy atom. The largest absolute Gasteiger partial charge is 0.493 e. The molecule has 0 aliphatic heterocycles. The van der Waals surface area contributed by atoms with Gasteiger partial charge in [0.2, 0.25) is 0 Å². The summed E-state index contributed by atoms with van der Waals surface area (Å²) in [6.45, 7) is -1.34. The molecule has 0 fully saturated rings. The lowest BCUT2D eigenvalue weighted by Crippen LogP contribution is -2.19. The second-order valence-electron chi connectivity index (χ2n) is 7.99. The van der Waals surface area contributed by atoms with Gasteiger partial charge in [-0.1, -0.05) is 12.1 Å². The van der Waals surface area contributed by atoms with Crippen molar-refractivity contribution in [2.45, 2.75) is 12.6 Å². The van der Waals surface area contributed by atoms with E-state index in [1.54, 1.807) is 30.3 Å². The first-order valence-corrected chi connectivity index (χ1v) is 11.2. The van der Waals surface area contributed by atoms with Crippen LogP contribution in [0, 0.1) is 0 Å². The fourth-order valence-corrected chi connectivity index (χ4v) is 3.26. The quantitative estimate of drug-likeness (QED) is 0.166. The van der Waals surface area contributed by atoms with Crippen LogP contribution in [-0.4, -0.2) is 38.4 Å². The van der Waals surface area contributed by atoms with Gasteiger partial charge < -0.3 is 30.4 Å². The van der Waals surface area contributed by atoms with Gasteiger partial charge in [-0.25, -0.2) is 9.59 Å². The van der Waals surface area contributed by atoms with Crippen LogP contribution >= 0.6 is 0 Å². The molecule has 0 saturated carbocycles. The first-order valence-electron chi connectivity index (χ1n) is 11.2. The molecule has 3 rings (SSSR count). The standard InChI is InChI=1S/C27H25F3N2O6/c1-35-24-14-19(5-8-23(24)37-16-27(28,29)30)26(34)38-22-6-2-17(3-7-22)4-9-25(33)36-11-10-18-12-20(31)15-21(32)13-18/h2-9,12-15H,10-11,16,31-32H2,1H3/b9-4+. The van der Waals surface area contributed by atoms with E-state index in [9.17, 15) is 22.8 Å². The third kappa shape index (κ3) is 8.77. The molecule has 11 heteroatoms. The Bertz CT molecular complexity index is 1290. The minimum absolute atomic E-state index is 0.0481. The van der Waals surface area contributed by atoms with Crippen molar-refractivity contribution in [2.24, 2.45) is 0 Å². The molecule has 0 aliphatic rings. The Balaban J connectivity index is 1.51. The van der Waals surface area contributed by atoms with Gasteiger partial charge in [-0.3, -0.25) is 0 Å². The zero-order chi connectivity index (χ0) is 27.7. The SMILES string of the molecule is COc1cc(C(=O)Oc2ccc(/C=C/C(=O)OCCc3cc(N)cc(N)c3)cc2)ccc1OCC(F)(F)F. The number of anilines is 2. The number of halogens is 3. The molecule has 3 aromatic carbocycles. The lowest BCUT2D eigenvalue weighted by atomic mass is 10.1. The van der Waals surface area contributed by atoms with E-state index in [1.165, 1.54) is 49.6 Å². The fraction of sp³-hybridized carbons (Fsp3) is 0.185. The minimum atomic E-state index is -4.52. The second-order valence-corrected chi connectivity index (χ2v) is 7.99. The van der Waals surface area contributed by atoms with Crippen molar-refractivity contribution in [3.8, 4) is 17.2 Å². The number of nitrogens with two attached hydrogens (primary N) is 2. The predicted molar refractivity (Wildman–Crippen MR) is 135 cm³/mol. The van der Waals surface area contributed by atoms with Crippen LogP contribution in [0.5, 0.6) is 17.2 Å². The van der Waals surface area contributed by atoms with Crippen LogP contribution in [0.4, 0.5) is 24.5 Å². The highest BCUT2D eigenvalue weighted by molar-refractivity contribution is 5.92. The summed E-state index contributed by atoms with van der Waals surface area (Å²) in [5, 5.41) is 0. The summed E-state index contributed by atoms with van der Waals surface area (Å²) < 4.78 is 57.4. The van der Waals surface area contributed by atoms with Gasteiger partial charge in [-0.2, -0.15) is 13.2 Å². The molecule has 0 radical (unpaired) electrons. The molecule has 200 valence electrons. The van der Waals surface area contributed by atoms with Crippen LogP contribution in [0.3, 0.4) is 0 Å². The number of methoxy groups -OCH3 is 1. The van der Waals surface area contributed by atoms with Gasteiger partial charge in [-0.15, -0.1) is 0 Å². The van der Waals surface area contributed by atoms with Crippen molar-refractivity contribution in [1.82, 2.24) is 0 Å². The second kappa shape index (κ2) is 12.5. The number of benzene rings is 3. The number of nitrogen functional groups attached to an aromatic ring is 2. The van der Waals surface area contributed by atoms with Crippen molar-refractivity contribution in [1.29, 1.82) is 0 Å². The number of alkyl halides is 3. The van der Waals surface area contributed by atoms with Gasteiger partial charge in [0.05, 0.1) is 19.3 Å². The molecule has 0 spiro atoms. The maximum Gasteiger partial charge on any atom is 0.422 e. The molecule has 4 N–H and O–H groups in total. The zero-order valence-corrected chi connectivity index (χ0v) is 20.3. The Kier molecular flexibility index (Phi) is 9.20. The summed E-state index contributed by atoms with van der Waals surface area (Å²) >= 11 is 0. The van der Waals surface area contributed by atoms with Gasteiger partial charge in [0.15, 0.2) is 18.1 Å². The Labute approximate surface area is 216 Å². The molecule has 0 bridgehead atoms. The average Bonchev–Trinajstić information content (AvgIpc) is 2.86. The lowest BCUT2D eigenvalue weighted by Gasteiger charge is -2.13. The summed E-state index contributed by atoms with van der Waals surface area (Å²) in [5.74, 6) is -1.28. The van der Waals surface area contributed by atoms with Crippen LogP contribution in [0.25, 0.3) is 6.08 Å². The van der Waals surface area contributed by atoms with Crippen molar-refractivity contribution in [3.63, 3.8) is 0 Å². The van der Waals surface area contributed by atoms with Crippen LogP contribution in [0.1, 0.15) is 21.5 Å². The molecule has 3 aromatic rings. The molecule has 0 saturated heterocycles. The molecule has 0 unspecified atom stereocenters. The van der Waals surface area contributed by atoms with E-state index in [0.29, 0.717) is 23.4 Å². The van der Waals surface area contributed by atoms with Gasteiger partial charge in [0, 0.05) is 23.9 Å². The molecular formula is C27H25F3N2O6. The van der Waals surface area contributed by atoms with Crippen LogP contribution in [0.15, 0.2) is 66.7 Å². The molecule has 8 nitrogen and oxygen atoms in total. The van der Waals surface area contributed by atoms with E-state index in [2.05, 4.69) is 0 Å². The third-order valence-electron chi connectivity index (χ3n) is 4.97. The van der Waals surface area contributed by atoms with E-state index in [-0.39, 0.29) is 29.4 Å². The van der Waals surface area contributed by atoms with Crippen molar-refractivity contribution < 1.29 is 41.7 Å². The predicted octanol–water partition coefficient (Wildman–Crippen LogP) is 4.82. The van der Waals surface area contributed by atoms with E-state index >= 15 is 0 Å². The minimum Gasteiger partial charge on any atom is -0.493 e. The van der Waals surface area contributed by atoms with E-state index in [1.807, 2.05) is 0 Å². The highest BCUT2D eigenvalue weighted by atomic mass is 19.4. The maximum absolute atomic E-state index is 12.5. The molecule has 0 amide bonds. The van der Waals surface area contributed by atoms with E-state index in [0.717, 1.165) is 5.56 Å². The smallest absolute Gasteiger partial charge is 0.422 e. The Morgan fingerprint density at radius 1 is 0.921 bits per heavy atom. The first kappa shape index (κ1) is 27.9. The first-order chi connectivity index (χ1) is 18.0. The summed E-state index contributed by atoms with van der Waals surface area (Å²) in [6.07, 6.45) is -1.25. The zero-order valence-electron chi connectivity index (χ0n) is 20.3. The average molecular weight is 530 g/mol. The fourth-order valence-electron chi connectivity index (χ4n) is 3.26. The Hall–Kier alpha value is -4.67. The van der Waals surface area contributed by atoms with Crippen LogP contribution in [-0.2, 0) is 16.0 Å². The van der Waals surface area contributed by atoms with Gasteiger partial charge in [-0.05, 0) is 65.7 Å². The number of carbonyl (C=O) groups excluding carboxylic acids is 2. The summed E-state index contributed by atoms with van der Waals surface area (Å²) in [5.41, 5.74) is 14.1. The van der Waals surface area contributed by atoms with Crippen molar-refractivity contribution in [2.75, 3.05) is 31.8 Å². The van der Waals surface area contributed by atoms with E-state index < -0.39 is 24.7 Å². The Morgan fingerprint density at radius 3 is 2.24 bits per heavy atom. The topological polar surface area (TPSA) is 123 Å². The van der Waals surface area contributed by atoms with Crippen molar-refractivity contribution in [3.05, 3.63) is 83.4 Å². The van der Waals surface area contributed by atoms with Crippen LogP contribution < -0.4 is 25.7 Å².